The number of nitrogens with zero attached hydrogens (tertiary/aromatic N) is 2. The van der Waals surface area contributed by atoms with E-state index in [-0.39, 0.29) is 52.3 Å². The van der Waals surface area contributed by atoms with Gasteiger partial charge in [0.1, 0.15) is 0 Å². The zero-order valence-corrected chi connectivity index (χ0v) is 48.6. The van der Waals surface area contributed by atoms with E-state index >= 15 is 0 Å². The molecule has 9 rings (SSSR count). The van der Waals surface area contributed by atoms with Crippen LogP contribution >= 0.6 is 15.8 Å². The maximum absolute atomic E-state index is 10.7. The zero-order chi connectivity index (χ0) is 50.5. The monoisotopic (exact) mass is 1230 g/mol. The molecule has 0 radical (unpaired) electrons. The number of halogens is 4. The Balaban J connectivity index is 0.000000316. The summed E-state index contributed by atoms with van der Waals surface area (Å²) in [5, 5.41) is 8.39. The largest absolute Gasteiger partial charge is 2.00 e. The molecule has 0 aliphatic rings. The predicted octanol–water partition coefficient (Wildman–Crippen LogP) is 8.33. The number of imidazole rings is 1. The fourth-order valence-electron chi connectivity index (χ4n) is 7.90. The predicted molar refractivity (Wildman–Crippen MR) is 285 cm³/mol. The molecule has 0 bridgehead atoms. The number of rotatable bonds is 6. The van der Waals surface area contributed by atoms with Crippen molar-refractivity contribution in [2.45, 2.75) is 60.9 Å². The van der Waals surface area contributed by atoms with Crippen molar-refractivity contribution in [2.75, 3.05) is 0 Å². The van der Waals surface area contributed by atoms with Crippen LogP contribution in [0, 0.1) is 61.7 Å². The second-order valence-corrected chi connectivity index (χ2v) is 22.3. The van der Waals surface area contributed by atoms with Gasteiger partial charge in [0.2, 0.25) is 6.33 Å². The van der Waals surface area contributed by atoms with E-state index in [4.69, 9.17) is 13.0 Å². The molecular formula is C58H60ClF3N2O3P2PdRuS. The second kappa shape index (κ2) is 29.5. The molecule has 5 nitrogen and oxygen atoms in total. The first kappa shape index (κ1) is 63.7. The van der Waals surface area contributed by atoms with Crippen LogP contribution in [-0.4, -0.2) is 23.0 Å². The Hall–Kier alpha value is -4.37. The van der Waals surface area contributed by atoms with Gasteiger partial charge in [0, 0.05) is 0 Å². The molecule has 1 heterocycles. The number of benzene rings is 6. The summed E-state index contributed by atoms with van der Waals surface area (Å²) in [4.78, 5) is 0. The number of hydrogen-bond donors (Lipinski definition) is 0. The fourth-order valence-corrected chi connectivity index (χ4v) is 12.5. The molecular weight excluding hydrogens is 1170 g/mol. The van der Waals surface area contributed by atoms with Crippen LogP contribution in [0.25, 0.3) is 11.0 Å². The molecule has 0 spiro atoms. The van der Waals surface area contributed by atoms with Gasteiger partial charge in [-0.15, -0.1) is 0 Å². The standard InChI is InChI=1S/2C18H15P.C11H15N2.C10H15.CHF3O3S.ClH.Pd.Ru/c2*1-4-10-16(11-5-1)19(17-12-6-2-7-13-17)18-14-8-3-9-15-18;1-7-8(2)10-11(9(7)3)13(5)6-12(10)4;1-6-7(2)9(4)10(5)8(6)3;2-1(3,4)8(5,6)7;;;/h2*1-15H;1-5H3;1-5H3;(H,5,6,7);1H;;/q;;2*-1;;;2*+2/p-2. The van der Waals surface area contributed by atoms with Crippen LogP contribution in [0.1, 0.15) is 44.5 Å². The fraction of sp³-hybridized carbons (Fsp3) is 0.190. The summed E-state index contributed by atoms with van der Waals surface area (Å²) in [7, 11) is -2.88. The summed E-state index contributed by atoms with van der Waals surface area (Å²) >= 11 is 0. The van der Waals surface area contributed by atoms with Gasteiger partial charge in [-0.05, 0) is 58.7 Å². The Labute approximate surface area is 460 Å². The van der Waals surface area contributed by atoms with Crippen LogP contribution in [0.2, 0.25) is 0 Å². The quantitative estimate of drug-likeness (QED) is 0.0421. The third-order valence-electron chi connectivity index (χ3n) is 12.2. The summed E-state index contributed by atoms with van der Waals surface area (Å²) in [5.74, 6) is 0. The van der Waals surface area contributed by atoms with Crippen molar-refractivity contribution in [3.8, 4) is 0 Å². The van der Waals surface area contributed by atoms with Gasteiger partial charge in [-0.3, -0.25) is 0 Å². The van der Waals surface area contributed by atoms with Crippen molar-refractivity contribution in [2.24, 2.45) is 14.1 Å². The molecule has 382 valence electrons. The van der Waals surface area contributed by atoms with Gasteiger partial charge in [0.05, 0.1) is 14.1 Å². The van der Waals surface area contributed by atoms with Crippen LogP contribution < -0.4 is 48.8 Å². The van der Waals surface area contributed by atoms with Crippen molar-refractivity contribution >= 4 is 68.8 Å². The molecule has 0 unspecified atom stereocenters. The maximum Gasteiger partial charge on any atom is 2.00 e. The number of fused-ring (bicyclic) bond motifs is 1. The van der Waals surface area contributed by atoms with Crippen molar-refractivity contribution < 1.29 is 83.0 Å². The molecule has 8 aromatic carbocycles. The first-order chi connectivity index (χ1) is 32.7. The molecule has 0 saturated heterocycles. The molecule has 0 N–H and O–H groups in total. The zero-order valence-electron chi connectivity index (χ0n) is 41.9. The van der Waals surface area contributed by atoms with E-state index in [2.05, 4.69) is 253 Å². The average molecular weight is 1230 g/mol. The SMILES string of the molecule is Cc1c(C)[c-](C)c2c1n(C)[c-][n+]2C.Cc1c(C)c(C)[c-](C)c1C.O=S(=O)([O-])C(F)(F)F.[Cl-].[Pd+2].[Ru+2].c1ccc(P(c2ccccc2)c2ccccc2)cc1.c1ccc(P(c2ccccc2)c2ccccc2)cc1. The first-order valence-corrected chi connectivity index (χ1v) is 26.5. The Morgan fingerprint density at radius 1 is 0.514 bits per heavy atom. The molecule has 0 fully saturated rings. The second-order valence-electron chi connectivity index (χ2n) is 16.5. The number of hydrogen-bond acceptors (Lipinski definition) is 3. The Bertz CT molecular complexity index is 2700. The third-order valence-corrected chi connectivity index (χ3v) is 17.7. The normalized spacial score (nSPS) is 10.7. The van der Waals surface area contributed by atoms with Gasteiger partial charge in [-0.2, -0.15) is 57.7 Å². The molecule has 14 heteroatoms. The van der Waals surface area contributed by atoms with Crippen LogP contribution in [0.5, 0.6) is 0 Å². The van der Waals surface area contributed by atoms with Crippen molar-refractivity contribution in [3.63, 3.8) is 0 Å². The van der Waals surface area contributed by atoms with E-state index in [0.29, 0.717) is 0 Å². The van der Waals surface area contributed by atoms with Crippen LogP contribution in [0.15, 0.2) is 182 Å². The number of aromatic nitrogens is 2. The molecule has 1 aromatic heterocycles. The van der Waals surface area contributed by atoms with Crippen LogP contribution in [0.4, 0.5) is 13.2 Å². The molecule has 0 amide bonds. The minimum Gasteiger partial charge on any atom is -1.00 e. The molecule has 0 aliphatic heterocycles. The van der Waals surface area contributed by atoms with Crippen LogP contribution in [0.3, 0.4) is 0 Å². The van der Waals surface area contributed by atoms with Crippen molar-refractivity contribution in [1.29, 1.82) is 0 Å². The van der Waals surface area contributed by atoms with E-state index in [0.717, 1.165) is 0 Å². The molecule has 72 heavy (non-hydrogen) atoms. The van der Waals surface area contributed by atoms with Gasteiger partial charge in [-0.1, -0.05) is 237 Å². The maximum atomic E-state index is 10.7. The summed E-state index contributed by atoms with van der Waals surface area (Å²) in [6, 6.07) is 64.7. The molecule has 0 saturated carbocycles. The van der Waals surface area contributed by atoms with E-state index in [1.54, 1.807) is 0 Å². The van der Waals surface area contributed by atoms with Gasteiger partial charge in [-0.25, -0.2) is 8.42 Å². The topological polar surface area (TPSA) is 66.0 Å². The van der Waals surface area contributed by atoms with E-state index in [1.165, 1.54) is 87.4 Å². The minimum absolute atomic E-state index is 0. The summed E-state index contributed by atoms with van der Waals surface area (Å²) in [5.41, 5.74) is 8.50. The van der Waals surface area contributed by atoms with Gasteiger partial charge in [0.25, 0.3) is 0 Å². The third kappa shape index (κ3) is 16.6. The Morgan fingerprint density at radius 2 is 0.736 bits per heavy atom. The number of aryl methyl sites for hydroxylation is 4. The summed E-state index contributed by atoms with van der Waals surface area (Å²) in [6.07, 6.45) is 3.24. The van der Waals surface area contributed by atoms with E-state index < -0.39 is 31.5 Å². The van der Waals surface area contributed by atoms with Crippen molar-refractivity contribution in [3.05, 3.63) is 233 Å². The van der Waals surface area contributed by atoms with Gasteiger partial charge < -0.3 is 26.1 Å². The minimum atomic E-state index is -6.09. The van der Waals surface area contributed by atoms with E-state index in [1.807, 2.05) is 14.1 Å². The van der Waals surface area contributed by atoms with Gasteiger partial charge >= 0.3 is 45.4 Å². The van der Waals surface area contributed by atoms with Crippen LogP contribution in [-0.2, 0) is 64.1 Å². The Morgan fingerprint density at radius 3 is 0.917 bits per heavy atom. The van der Waals surface area contributed by atoms with Crippen molar-refractivity contribution in [1.82, 2.24) is 4.57 Å². The smallest absolute Gasteiger partial charge is 1.00 e. The van der Waals surface area contributed by atoms with E-state index in [9.17, 15) is 13.2 Å². The molecule has 0 aliphatic carbocycles. The average Bonchev–Trinajstić information content (AvgIpc) is 3.85. The van der Waals surface area contributed by atoms with Gasteiger partial charge in [0.15, 0.2) is 10.1 Å². The molecule has 0 atom stereocenters. The first-order valence-electron chi connectivity index (χ1n) is 22.4. The number of alkyl halides is 3. The summed E-state index contributed by atoms with van der Waals surface area (Å²) < 4.78 is 63.1. The Kier molecular flexibility index (Phi) is 26.1. The molecule has 9 aromatic rings. The summed E-state index contributed by atoms with van der Waals surface area (Å²) in [6.45, 7) is 17.5.